The topological polar surface area (TPSA) is 13.1 Å². The van der Waals surface area contributed by atoms with Gasteiger partial charge in [-0.2, -0.15) is 0 Å². The van der Waals surface area contributed by atoms with Crippen LogP contribution in [0.1, 0.15) is 25.4 Å². The molecule has 0 aliphatic carbocycles. The Hall–Kier alpha value is -1.24. The molecule has 0 unspecified atom stereocenters. The van der Waals surface area contributed by atoms with E-state index in [1.54, 1.807) is 0 Å². The Kier molecular flexibility index (Phi) is 2.73. The monoisotopic (exact) mass is 148 g/mol. The van der Waals surface area contributed by atoms with Crippen LogP contribution in [0.5, 0.6) is 0 Å². The van der Waals surface area contributed by atoms with Crippen LogP contribution in [-0.2, 0) is 0 Å². The van der Waals surface area contributed by atoms with Crippen LogP contribution in [0.2, 0.25) is 0 Å². The number of hydrogen-bond donors (Lipinski definition) is 0. The summed E-state index contributed by atoms with van der Waals surface area (Å²) in [4.78, 5) is 0. The van der Waals surface area contributed by atoms with Gasteiger partial charge in [0.15, 0.2) is 0 Å². The van der Waals surface area contributed by atoms with Gasteiger partial charge in [-0.05, 0) is 38.1 Å². The van der Waals surface area contributed by atoms with Gasteiger partial charge in [0.25, 0.3) is 0 Å². The molecule has 1 heteroatoms. The van der Waals surface area contributed by atoms with E-state index in [0.29, 0.717) is 0 Å². The zero-order valence-corrected chi connectivity index (χ0v) is 6.87. The summed E-state index contributed by atoms with van der Waals surface area (Å²) in [5.41, 5.74) is 0. The van der Waals surface area contributed by atoms with Crippen LogP contribution >= 0.6 is 0 Å². The molecule has 0 bridgehead atoms. The molecule has 1 aromatic rings. The van der Waals surface area contributed by atoms with E-state index in [2.05, 4.69) is 0 Å². The first-order valence-electron chi connectivity index (χ1n) is 3.72. The van der Waals surface area contributed by atoms with Gasteiger partial charge in [0.1, 0.15) is 11.5 Å². The number of hydrogen-bond acceptors (Lipinski definition) is 1. The van der Waals surface area contributed by atoms with Gasteiger partial charge in [0, 0.05) is 0 Å². The van der Waals surface area contributed by atoms with E-state index < -0.39 is 0 Å². The molecular formula is C10H12O. The Labute approximate surface area is 67.0 Å². The Balaban J connectivity index is 2.81. The summed E-state index contributed by atoms with van der Waals surface area (Å²) in [6.07, 6.45) is 7.79. The molecule has 0 aliphatic rings. The molecule has 11 heavy (non-hydrogen) atoms. The second-order valence-electron chi connectivity index (χ2n) is 2.24. The van der Waals surface area contributed by atoms with E-state index in [0.717, 1.165) is 11.5 Å². The number of furan rings is 1. The van der Waals surface area contributed by atoms with Crippen LogP contribution in [0.3, 0.4) is 0 Å². The lowest BCUT2D eigenvalue weighted by atomic mass is 10.4. The molecule has 0 fully saturated rings. The lowest BCUT2D eigenvalue weighted by Gasteiger charge is -1.83. The Morgan fingerprint density at radius 3 is 1.82 bits per heavy atom. The molecule has 1 aromatic heterocycles. The number of allylic oxidation sites excluding steroid dienone is 2. The van der Waals surface area contributed by atoms with E-state index >= 15 is 0 Å². The highest BCUT2D eigenvalue weighted by molar-refractivity contribution is 5.48. The van der Waals surface area contributed by atoms with E-state index in [9.17, 15) is 0 Å². The summed E-state index contributed by atoms with van der Waals surface area (Å²) in [6, 6.07) is 3.91. The lowest BCUT2D eigenvalue weighted by molar-refractivity contribution is 0.547. The Morgan fingerprint density at radius 2 is 1.45 bits per heavy atom. The van der Waals surface area contributed by atoms with Crippen LogP contribution < -0.4 is 0 Å². The van der Waals surface area contributed by atoms with Crippen LogP contribution in [0.25, 0.3) is 12.2 Å². The normalized spacial score (nSPS) is 11.8. The van der Waals surface area contributed by atoms with Gasteiger partial charge < -0.3 is 4.42 Å². The van der Waals surface area contributed by atoms with Crippen LogP contribution in [0, 0.1) is 0 Å². The SMILES string of the molecule is CC=Cc1ccc(C=CC)o1. The number of rotatable bonds is 2. The van der Waals surface area contributed by atoms with E-state index in [1.807, 2.05) is 50.3 Å². The predicted octanol–water partition coefficient (Wildman–Crippen LogP) is 3.35. The first-order chi connectivity index (χ1) is 5.36. The van der Waals surface area contributed by atoms with Gasteiger partial charge in [-0.1, -0.05) is 12.2 Å². The van der Waals surface area contributed by atoms with Crippen molar-refractivity contribution in [1.29, 1.82) is 0 Å². The van der Waals surface area contributed by atoms with Crippen molar-refractivity contribution in [3.05, 3.63) is 35.8 Å². The summed E-state index contributed by atoms with van der Waals surface area (Å²) >= 11 is 0. The van der Waals surface area contributed by atoms with Gasteiger partial charge in [0.05, 0.1) is 0 Å². The second kappa shape index (κ2) is 3.81. The summed E-state index contributed by atoms with van der Waals surface area (Å²) in [5.74, 6) is 1.81. The largest absolute Gasteiger partial charge is 0.457 e. The van der Waals surface area contributed by atoms with Crippen LogP contribution in [0.4, 0.5) is 0 Å². The maximum absolute atomic E-state index is 5.39. The van der Waals surface area contributed by atoms with Crippen molar-refractivity contribution in [3.63, 3.8) is 0 Å². The Morgan fingerprint density at radius 1 is 1.00 bits per heavy atom. The molecule has 0 atom stereocenters. The molecule has 0 radical (unpaired) electrons. The average molecular weight is 148 g/mol. The standard InChI is InChI=1S/C10H12O/c1-3-5-9-7-8-10(11-9)6-4-2/h3-8H,1-2H3. The van der Waals surface area contributed by atoms with Crippen molar-refractivity contribution in [2.45, 2.75) is 13.8 Å². The van der Waals surface area contributed by atoms with E-state index in [4.69, 9.17) is 4.42 Å². The zero-order chi connectivity index (χ0) is 8.10. The lowest BCUT2D eigenvalue weighted by Crippen LogP contribution is -1.59. The molecule has 58 valence electrons. The van der Waals surface area contributed by atoms with Gasteiger partial charge in [-0.25, -0.2) is 0 Å². The summed E-state index contributed by atoms with van der Waals surface area (Å²) in [5, 5.41) is 0. The minimum Gasteiger partial charge on any atom is -0.457 e. The van der Waals surface area contributed by atoms with Crippen molar-refractivity contribution in [2.75, 3.05) is 0 Å². The molecule has 1 heterocycles. The third-order valence-electron chi connectivity index (χ3n) is 1.31. The maximum Gasteiger partial charge on any atom is 0.127 e. The molecule has 0 aromatic carbocycles. The molecule has 0 N–H and O–H groups in total. The summed E-state index contributed by atoms with van der Waals surface area (Å²) in [7, 11) is 0. The van der Waals surface area contributed by atoms with Gasteiger partial charge in [0.2, 0.25) is 0 Å². The van der Waals surface area contributed by atoms with Crippen molar-refractivity contribution in [2.24, 2.45) is 0 Å². The highest BCUT2D eigenvalue weighted by Crippen LogP contribution is 2.10. The maximum atomic E-state index is 5.39. The van der Waals surface area contributed by atoms with Gasteiger partial charge in [-0.3, -0.25) is 0 Å². The average Bonchev–Trinajstić information content (AvgIpc) is 2.38. The van der Waals surface area contributed by atoms with Crippen LogP contribution in [-0.4, -0.2) is 0 Å². The quantitative estimate of drug-likeness (QED) is 0.626. The molecule has 0 saturated heterocycles. The molecular weight excluding hydrogens is 136 g/mol. The third-order valence-corrected chi connectivity index (χ3v) is 1.31. The second-order valence-corrected chi connectivity index (χ2v) is 2.24. The van der Waals surface area contributed by atoms with E-state index in [-0.39, 0.29) is 0 Å². The van der Waals surface area contributed by atoms with Gasteiger partial charge >= 0.3 is 0 Å². The van der Waals surface area contributed by atoms with Gasteiger partial charge in [-0.15, -0.1) is 0 Å². The smallest absolute Gasteiger partial charge is 0.127 e. The molecule has 1 nitrogen and oxygen atoms in total. The molecule has 1 rings (SSSR count). The molecule has 0 spiro atoms. The predicted molar refractivity (Wildman–Crippen MR) is 48.1 cm³/mol. The summed E-state index contributed by atoms with van der Waals surface area (Å²) < 4.78 is 5.39. The first kappa shape index (κ1) is 7.86. The fourth-order valence-electron chi connectivity index (χ4n) is 0.876. The molecule has 0 amide bonds. The van der Waals surface area contributed by atoms with Crippen molar-refractivity contribution in [1.82, 2.24) is 0 Å². The van der Waals surface area contributed by atoms with E-state index in [1.165, 1.54) is 0 Å². The van der Waals surface area contributed by atoms with Crippen LogP contribution in [0.15, 0.2) is 28.7 Å². The zero-order valence-electron chi connectivity index (χ0n) is 6.87. The van der Waals surface area contributed by atoms with Crippen molar-refractivity contribution < 1.29 is 4.42 Å². The van der Waals surface area contributed by atoms with Crippen molar-refractivity contribution in [3.8, 4) is 0 Å². The first-order valence-corrected chi connectivity index (χ1v) is 3.72. The minimum absolute atomic E-state index is 0.903. The highest BCUT2D eigenvalue weighted by Gasteiger charge is 1.92. The van der Waals surface area contributed by atoms with Crippen molar-refractivity contribution >= 4 is 12.2 Å². The summed E-state index contributed by atoms with van der Waals surface area (Å²) in [6.45, 7) is 3.94. The minimum atomic E-state index is 0.903. The fourth-order valence-corrected chi connectivity index (χ4v) is 0.876. The fraction of sp³-hybridized carbons (Fsp3) is 0.200. The third kappa shape index (κ3) is 2.11. The highest BCUT2D eigenvalue weighted by atomic mass is 16.3. The molecule has 0 saturated carbocycles. The molecule has 0 aliphatic heterocycles. The Bertz CT molecular complexity index is 240.